The molecule has 0 saturated heterocycles. The standard InChI is InChI=1S/C15H21N3OS2/c1-2-12-7-11(8-21-12)14(19)17-18-15(20)16-13-6-9-3-4-10(13)5-9/h7-10,13H,2-6H2,1H3,(H,17,19)(H2,16,18,20)/t9-,10+,13-/m0/s1. The number of fused-ring (bicyclic) bond motifs is 2. The number of carbonyl (C=O) groups is 1. The molecule has 2 fully saturated rings. The van der Waals surface area contributed by atoms with Crippen LogP contribution in [0.2, 0.25) is 0 Å². The summed E-state index contributed by atoms with van der Waals surface area (Å²) in [5.41, 5.74) is 6.18. The highest BCUT2D eigenvalue weighted by Crippen LogP contribution is 2.44. The first-order valence-electron chi connectivity index (χ1n) is 7.60. The smallest absolute Gasteiger partial charge is 0.270 e. The maximum atomic E-state index is 12.0. The second-order valence-corrected chi connectivity index (χ2v) is 7.39. The Kier molecular flexibility index (Phi) is 4.45. The molecule has 1 amide bonds. The topological polar surface area (TPSA) is 53.2 Å². The van der Waals surface area contributed by atoms with Crippen molar-refractivity contribution >= 4 is 34.6 Å². The van der Waals surface area contributed by atoms with Gasteiger partial charge in [0.05, 0.1) is 5.56 Å². The fraction of sp³-hybridized carbons (Fsp3) is 0.600. The van der Waals surface area contributed by atoms with Gasteiger partial charge >= 0.3 is 0 Å². The van der Waals surface area contributed by atoms with Crippen molar-refractivity contribution in [3.05, 3.63) is 21.9 Å². The molecule has 0 aliphatic heterocycles. The minimum absolute atomic E-state index is 0.136. The van der Waals surface area contributed by atoms with E-state index in [1.54, 1.807) is 11.3 Å². The molecule has 2 saturated carbocycles. The van der Waals surface area contributed by atoms with Gasteiger partial charge < -0.3 is 5.32 Å². The second kappa shape index (κ2) is 6.32. The molecule has 1 aromatic rings. The van der Waals surface area contributed by atoms with Crippen molar-refractivity contribution < 1.29 is 4.79 Å². The number of hydrogen-bond donors (Lipinski definition) is 3. The van der Waals surface area contributed by atoms with Crippen LogP contribution in [0, 0.1) is 11.8 Å². The van der Waals surface area contributed by atoms with E-state index in [-0.39, 0.29) is 5.91 Å². The van der Waals surface area contributed by atoms with Crippen molar-refractivity contribution in [3.63, 3.8) is 0 Å². The molecule has 2 bridgehead atoms. The van der Waals surface area contributed by atoms with E-state index in [1.807, 2.05) is 11.4 Å². The van der Waals surface area contributed by atoms with Crippen LogP contribution in [0.4, 0.5) is 0 Å². The van der Waals surface area contributed by atoms with Crippen LogP contribution in [0.25, 0.3) is 0 Å². The highest BCUT2D eigenvalue weighted by molar-refractivity contribution is 7.80. The number of nitrogens with one attached hydrogen (secondary N) is 3. The van der Waals surface area contributed by atoms with Crippen molar-refractivity contribution in [2.24, 2.45) is 11.8 Å². The predicted octanol–water partition coefficient (Wildman–Crippen LogP) is 2.61. The zero-order chi connectivity index (χ0) is 14.8. The molecule has 1 heterocycles. The van der Waals surface area contributed by atoms with Crippen molar-refractivity contribution in [2.45, 2.75) is 45.1 Å². The molecular formula is C15H21N3OS2. The summed E-state index contributed by atoms with van der Waals surface area (Å²) < 4.78 is 0. The van der Waals surface area contributed by atoms with Crippen molar-refractivity contribution in [2.75, 3.05) is 0 Å². The van der Waals surface area contributed by atoms with E-state index in [2.05, 4.69) is 23.1 Å². The average molecular weight is 323 g/mol. The molecule has 114 valence electrons. The lowest BCUT2D eigenvalue weighted by molar-refractivity contribution is 0.0944. The first kappa shape index (κ1) is 14.8. The van der Waals surface area contributed by atoms with Gasteiger partial charge in [-0.3, -0.25) is 15.6 Å². The van der Waals surface area contributed by atoms with E-state index in [4.69, 9.17) is 12.2 Å². The van der Waals surface area contributed by atoms with E-state index < -0.39 is 0 Å². The van der Waals surface area contributed by atoms with Crippen LogP contribution in [0.3, 0.4) is 0 Å². The van der Waals surface area contributed by atoms with Gasteiger partial charge in [-0.2, -0.15) is 0 Å². The van der Waals surface area contributed by atoms with E-state index in [9.17, 15) is 4.79 Å². The Morgan fingerprint density at radius 2 is 2.24 bits per heavy atom. The van der Waals surface area contributed by atoms with E-state index >= 15 is 0 Å². The molecule has 0 spiro atoms. The summed E-state index contributed by atoms with van der Waals surface area (Å²) in [6.45, 7) is 2.08. The quantitative estimate of drug-likeness (QED) is 0.591. The van der Waals surface area contributed by atoms with Crippen molar-refractivity contribution in [3.8, 4) is 0 Å². The molecule has 0 aromatic carbocycles. The summed E-state index contributed by atoms with van der Waals surface area (Å²) in [6, 6.07) is 2.40. The largest absolute Gasteiger partial charge is 0.358 e. The Morgan fingerprint density at radius 3 is 2.86 bits per heavy atom. The van der Waals surface area contributed by atoms with Crippen LogP contribution in [-0.4, -0.2) is 17.1 Å². The first-order chi connectivity index (χ1) is 10.2. The van der Waals surface area contributed by atoms with Gasteiger partial charge in [-0.15, -0.1) is 11.3 Å². The van der Waals surface area contributed by atoms with Gasteiger partial charge in [0.15, 0.2) is 5.11 Å². The number of hydrazine groups is 1. The molecule has 3 rings (SSSR count). The van der Waals surface area contributed by atoms with Crippen LogP contribution < -0.4 is 16.2 Å². The molecule has 6 heteroatoms. The summed E-state index contributed by atoms with van der Waals surface area (Å²) in [4.78, 5) is 13.2. The van der Waals surface area contributed by atoms with Gasteiger partial charge in [0, 0.05) is 16.3 Å². The average Bonchev–Trinajstić information content (AvgIpc) is 3.20. The molecular weight excluding hydrogens is 302 g/mol. The number of thiophene rings is 1. The molecule has 0 radical (unpaired) electrons. The van der Waals surface area contributed by atoms with Crippen molar-refractivity contribution in [1.29, 1.82) is 0 Å². The lowest BCUT2D eigenvalue weighted by Crippen LogP contribution is -2.50. The maximum Gasteiger partial charge on any atom is 0.270 e. The summed E-state index contributed by atoms with van der Waals surface area (Å²) in [5.74, 6) is 1.50. The Balaban J connectivity index is 1.44. The fourth-order valence-electron chi connectivity index (χ4n) is 3.50. The molecule has 21 heavy (non-hydrogen) atoms. The van der Waals surface area contributed by atoms with Gasteiger partial charge in [0.2, 0.25) is 0 Å². The number of amides is 1. The summed E-state index contributed by atoms with van der Waals surface area (Å²) in [5, 5.41) is 5.74. The molecule has 3 atom stereocenters. The van der Waals surface area contributed by atoms with Crippen LogP contribution in [-0.2, 0) is 6.42 Å². The SMILES string of the molecule is CCc1cc(C(=O)NNC(=S)N[C@H]2C[C@H]3CC[C@@H]2C3)cs1. The molecule has 0 unspecified atom stereocenters. The molecule has 4 nitrogen and oxygen atoms in total. The Hall–Kier alpha value is -1.14. The molecule has 2 aliphatic carbocycles. The van der Waals surface area contributed by atoms with Gasteiger partial charge in [-0.1, -0.05) is 13.3 Å². The number of rotatable bonds is 3. The zero-order valence-corrected chi connectivity index (χ0v) is 13.8. The Morgan fingerprint density at radius 1 is 1.38 bits per heavy atom. The maximum absolute atomic E-state index is 12.0. The van der Waals surface area contributed by atoms with Crippen LogP contribution in [0.5, 0.6) is 0 Å². The number of aryl methyl sites for hydroxylation is 1. The highest BCUT2D eigenvalue weighted by Gasteiger charge is 2.39. The third-order valence-electron chi connectivity index (χ3n) is 4.61. The predicted molar refractivity (Wildman–Crippen MR) is 89.3 cm³/mol. The monoisotopic (exact) mass is 323 g/mol. The number of hydrogen-bond acceptors (Lipinski definition) is 3. The minimum atomic E-state index is -0.136. The van der Waals surface area contributed by atoms with Crippen molar-refractivity contribution in [1.82, 2.24) is 16.2 Å². The number of thiocarbonyl (C=S) groups is 1. The second-order valence-electron chi connectivity index (χ2n) is 5.99. The molecule has 1 aromatic heterocycles. The van der Waals surface area contributed by atoms with Gasteiger partial charge in [-0.05, 0) is 55.8 Å². The van der Waals surface area contributed by atoms with Crippen LogP contribution >= 0.6 is 23.6 Å². The minimum Gasteiger partial charge on any atom is -0.358 e. The normalized spacial score (nSPS) is 26.6. The highest BCUT2D eigenvalue weighted by atomic mass is 32.1. The Labute approximate surface area is 134 Å². The Bertz CT molecular complexity index is 543. The zero-order valence-electron chi connectivity index (χ0n) is 12.1. The van der Waals surface area contributed by atoms with Crippen LogP contribution in [0.15, 0.2) is 11.4 Å². The third-order valence-corrected chi connectivity index (χ3v) is 5.91. The van der Waals surface area contributed by atoms with E-state index in [1.165, 1.54) is 30.6 Å². The van der Waals surface area contributed by atoms with E-state index in [0.29, 0.717) is 16.7 Å². The third kappa shape index (κ3) is 3.37. The van der Waals surface area contributed by atoms with E-state index in [0.717, 1.165) is 18.3 Å². The molecule has 2 aliphatic rings. The van der Waals surface area contributed by atoms with Gasteiger partial charge in [0.1, 0.15) is 0 Å². The lowest BCUT2D eigenvalue weighted by Gasteiger charge is -2.24. The number of carbonyl (C=O) groups excluding carboxylic acids is 1. The first-order valence-corrected chi connectivity index (χ1v) is 8.88. The summed E-state index contributed by atoms with van der Waals surface area (Å²) in [7, 11) is 0. The lowest BCUT2D eigenvalue weighted by atomic mass is 9.96. The van der Waals surface area contributed by atoms with Gasteiger partial charge in [-0.25, -0.2) is 0 Å². The summed E-state index contributed by atoms with van der Waals surface area (Å²) >= 11 is 6.88. The van der Waals surface area contributed by atoms with Gasteiger partial charge in [0.25, 0.3) is 5.91 Å². The molecule has 3 N–H and O–H groups in total. The fourth-order valence-corrected chi connectivity index (χ4v) is 4.51. The van der Waals surface area contributed by atoms with Crippen LogP contribution in [0.1, 0.15) is 47.8 Å². The summed E-state index contributed by atoms with van der Waals surface area (Å²) in [6.07, 6.45) is 6.19.